The summed E-state index contributed by atoms with van der Waals surface area (Å²) in [5.74, 6) is 1.00. The van der Waals surface area contributed by atoms with Crippen LogP contribution in [0.4, 0.5) is 11.6 Å². The van der Waals surface area contributed by atoms with Gasteiger partial charge >= 0.3 is 0 Å². The number of nitrogens with two attached hydrogens (primary N) is 1. The molecule has 1 heterocycles. The molecule has 0 amide bonds. The van der Waals surface area contributed by atoms with Crippen molar-refractivity contribution in [3.05, 3.63) is 24.3 Å². The number of aliphatic hydroxyl groups excluding tert-OH is 1. The molecule has 0 spiro atoms. The number of fused-ring (bicyclic) bond motifs is 1. The van der Waals surface area contributed by atoms with Gasteiger partial charge in [-0.05, 0) is 24.0 Å². The van der Waals surface area contributed by atoms with E-state index in [0.717, 1.165) is 17.5 Å². The van der Waals surface area contributed by atoms with E-state index >= 15 is 0 Å². The van der Waals surface area contributed by atoms with Gasteiger partial charge in [0.2, 0.25) is 0 Å². The molecule has 0 saturated heterocycles. The first kappa shape index (κ1) is 13.5. The molecule has 1 aromatic carbocycles. The van der Waals surface area contributed by atoms with Crippen molar-refractivity contribution >= 4 is 22.7 Å². The third-order valence-electron chi connectivity index (χ3n) is 3.12. The fourth-order valence-electron chi connectivity index (χ4n) is 1.86. The second-order valence-electron chi connectivity index (χ2n) is 5.44. The van der Waals surface area contributed by atoms with Crippen molar-refractivity contribution < 1.29 is 5.11 Å². The highest BCUT2D eigenvalue weighted by atomic mass is 16.3. The van der Waals surface area contributed by atoms with Crippen molar-refractivity contribution in [3.8, 4) is 0 Å². The second kappa shape index (κ2) is 5.40. The molecule has 0 unspecified atom stereocenters. The largest absolute Gasteiger partial charge is 0.396 e. The molecule has 19 heavy (non-hydrogen) atoms. The molecule has 0 fully saturated rings. The van der Waals surface area contributed by atoms with Crippen LogP contribution in [0.3, 0.4) is 0 Å². The molecule has 1 aromatic heterocycles. The molecule has 5 nitrogen and oxygen atoms in total. The van der Waals surface area contributed by atoms with E-state index in [1.165, 1.54) is 0 Å². The quantitative estimate of drug-likeness (QED) is 0.766. The van der Waals surface area contributed by atoms with E-state index in [1.54, 1.807) is 0 Å². The maximum absolute atomic E-state index is 9.01. The molecular weight excluding hydrogens is 240 g/mol. The molecule has 0 aliphatic rings. The van der Waals surface area contributed by atoms with Gasteiger partial charge in [0, 0.05) is 13.2 Å². The van der Waals surface area contributed by atoms with Crippen LogP contribution in [-0.2, 0) is 0 Å². The maximum atomic E-state index is 9.01. The summed E-state index contributed by atoms with van der Waals surface area (Å²) in [5.41, 5.74) is 7.50. The third-order valence-corrected chi connectivity index (χ3v) is 3.12. The molecule has 0 bridgehead atoms. The third kappa shape index (κ3) is 3.32. The molecule has 5 heteroatoms. The summed E-state index contributed by atoms with van der Waals surface area (Å²) in [6.07, 6.45) is 0.723. The minimum Gasteiger partial charge on any atom is -0.396 e. The Labute approximate surface area is 112 Å². The fraction of sp³-hybridized carbons (Fsp3) is 0.429. The zero-order valence-corrected chi connectivity index (χ0v) is 11.3. The minimum atomic E-state index is -0.0193. The highest BCUT2D eigenvalue weighted by Crippen LogP contribution is 2.23. The summed E-state index contributed by atoms with van der Waals surface area (Å²) in [4.78, 5) is 8.80. The first-order chi connectivity index (χ1) is 9.02. The monoisotopic (exact) mass is 260 g/mol. The number of hydrogen-bond acceptors (Lipinski definition) is 5. The molecular formula is C14H20N4O. The fourth-order valence-corrected chi connectivity index (χ4v) is 1.86. The number of benzene rings is 1. The number of nitrogens with one attached hydrogen (secondary N) is 1. The Kier molecular flexibility index (Phi) is 3.85. The summed E-state index contributed by atoms with van der Waals surface area (Å²) in [6, 6.07) is 7.63. The minimum absolute atomic E-state index is 0.0193. The SMILES string of the molecule is CC(C)(CCO)CNc1nc2ccccc2nc1N. The molecule has 0 aliphatic heterocycles. The Morgan fingerprint density at radius 1 is 1.21 bits per heavy atom. The summed E-state index contributed by atoms with van der Waals surface area (Å²) in [5, 5.41) is 12.2. The molecule has 2 rings (SSSR count). The van der Waals surface area contributed by atoms with E-state index in [4.69, 9.17) is 10.8 Å². The van der Waals surface area contributed by atoms with E-state index in [0.29, 0.717) is 18.2 Å². The number of nitrogens with zero attached hydrogens (tertiary/aromatic N) is 2. The van der Waals surface area contributed by atoms with Crippen LogP contribution in [-0.4, -0.2) is 28.2 Å². The van der Waals surface area contributed by atoms with Crippen LogP contribution in [0, 0.1) is 5.41 Å². The number of hydrogen-bond donors (Lipinski definition) is 3. The van der Waals surface area contributed by atoms with Gasteiger partial charge in [-0.25, -0.2) is 9.97 Å². The van der Waals surface area contributed by atoms with Crippen molar-refractivity contribution in [1.29, 1.82) is 0 Å². The average Bonchev–Trinajstić information content (AvgIpc) is 2.36. The summed E-state index contributed by atoms with van der Waals surface area (Å²) < 4.78 is 0. The van der Waals surface area contributed by atoms with Gasteiger partial charge in [0.15, 0.2) is 11.6 Å². The molecule has 4 N–H and O–H groups in total. The van der Waals surface area contributed by atoms with Gasteiger partial charge < -0.3 is 16.2 Å². The Hall–Kier alpha value is -1.88. The number of anilines is 2. The number of rotatable bonds is 5. The molecule has 102 valence electrons. The molecule has 0 saturated carbocycles. The Morgan fingerprint density at radius 2 is 1.84 bits per heavy atom. The van der Waals surface area contributed by atoms with Gasteiger partial charge in [0.05, 0.1) is 11.0 Å². The van der Waals surface area contributed by atoms with Crippen molar-refractivity contribution in [1.82, 2.24) is 9.97 Å². The van der Waals surface area contributed by atoms with E-state index in [1.807, 2.05) is 24.3 Å². The summed E-state index contributed by atoms with van der Waals surface area (Å²) in [6.45, 7) is 5.03. The zero-order chi connectivity index (χ0) is 13.9. The second-order valence-corrected chi connectivity index (χ2v) is 5.44. The number of aromatic nitrogens is 2. The highest BCUT2D eigenvalue weighted by molar-refractivity contribution is 5.79. The standard InChI is InChI=1S/C14H20N4O/c1-14(2,7-8-19)9-16-13-12(15)17-10-5-3-4-6-11(10)18-13/h3-6,19H,7-9H2,1-2H3,(H2,15,17)(H,16,18). The lowest BCUT2D eigenvalue weighted by atomic mass is 9.90. The van der Waals surface area contributed by atoms with Crippen LogP contribution in [0.15, 0.2) is 24.3 Å². The maximum Gasteiger partial charge on any atom is 0.169 e. The lowest BCUT2D eigenvalue weighted by molar-refractivity contribution is 0.220. The smallest absolute Gasteiger partial charge is 0.169 e. The number of nitrogen functional groups attached to an aromatic ring is 1. The predicted molar refractivity (Wildman–Crippen MR) is 77.9 cm³/mol. The van der Waals surface area contributed by atoms with Gasteiger partial charge in [-0.1, -0.05) is 26.0 Å². The topological polar surface area (TPSA) is 84.1 Å². The van der Waals surface area contributed by atoms with Gasteiger partial charge in [-0.3, -0.25) is 0 Å². The Morgan fingerprint density at radius 3 is 2.47 bits per heavy atom. The highest BCUT2D eigenvalue weighted by Gasteiger charge is 2.18. The van der Waals surface area contributed by atoms with Crippen LogP contribution in [0.5, 0.6) is 0 Å². The lowest BCUT2D eigenvalue weighted by Crippen LogP contribution is -2.25. The normalized spacial score (nSPS) is 11.7. The van der Waals surface area contributed by atoms with E-state index in [-0.39, 0.29) is 12.0 Å². The van der Waals surface area contributed by atoms with Crippen molar-refractivity contribution in [2.45, 2.75) is 20.3 Å². The molecule has 2 aromatic rings. The Balaban J connectivity index is 2.18. The van der Waals surface area contributed by atoms with Crippen LogP contribution in [0.1, 0.15) is 20.3 Å². The van der Waals surface area contributed by atoms with Crippen LogP contribution < -0.4 is 11.1 Å². The van der Waals surface area contributed by atoms with Gasteiger partial charge in [-0.15, -0.1) is 0 Å². The van der Waals surface area contributed by atoms with E-state index < -0.39 is 0 Å². The number of para-hydroxylation sites is 2. The van der Waals surface area contributed by atoms with Gasteiger partial charge in [0.25, 0.3) is 0 Å². The van der Waals surface area contributed by atoms with Gasteiger partial charge in [-0.2, -0.15) is 0 Å². The van der Waals surface area contributed by atoms with E-state index in [9.17, 15) is 0 Å². The van der Waals surface area contributed by atoms with Crippen molar-refractivity contribution in [3.63, 3.8) is 0 Å². The zero-order valence-electron chi connectivity index (χ0n) is 11.3. The number of aliphatic hydroxyl groups is 1. The molecule has 0 aliphatic carbocycles. The summed E-state index contributed by atoms with van der Waals surface area (Å²) >= 11 is 0. The molecule has 0 atom stereocenters. The lowest BCUT2D eigenvalue weighted by Gasteiger charge is -2.24. The van der Waals surface area contributed by atoms with Crippen LogP contribution in [0.2, 0.25) is 0 Å². The Bertz CT molecular complexity index is 568. The predicted octanol–water partition coefficient (Wildman–Crippen LogP) is 2.03. The van der Waals surface area contributed by atoms with Gasteiger partial charge in [0.1, 0.15) is 0 Å². The first-order valence-corrected chi connectivity index (χ1v) is 6.39. The van der Waals surface area contributed by atoms with Crippen molar-refractivity contribution in [2.75, 3.05) is 24.2 Å². The van der Waals surface area contributed by atoms with Crippen LogP contribution in [0.25, 0.3) is 11.0 Å². The summed E-state index contributed by atoms with van der Waals surface area (Å²) in [7, 11) is 0. The molecule has 0 radical (unpaired) electrons. The van der Waals surface area contributed by atoms with Crippen LogP contribution >= 0.6 is 0 Å². The van der Waals surface area contributed by atoms with Crippen molar-refractivity contribution in [2.24, 2.45) is 5.41 Å². The van der Waals surface area contributed by atoms with E-state index in [2.05, 4.69) is 29.1 Å². The first-order valence-electron chi connectivity index (χ1n) is 6.39. The average molecular weight is 260 g/mol.